The van der Waals surface area contributed by atoms with Crippen molar-refractivity contribution in [1.82, 2.24) is 9.78 Å². The minimum absolute atomic E-state index is 0.0201. The number of benzene rings is 2. The summed E-state index contributed by atoms with van der Waals surface area (Å²) in [4.78, 5) is 0. The molecular weight excluding hydrogens is 310 g/mol. The highest BCUT2D eigenvalue weighted by Crippen LogP contribution is 2.41. The molecule has 0 aliphatic carbocycles. The number of aryl methyl sites for hydroxylation is 3. The van der Waals surface area contributed by atoms with Crippen molar-refractivity contribution in [2.45, 2.75) is 33.9 Å². The van der Waals surface area contributed by atoms with Gasteiger partial charge in [-0.15, -0.1) is 0 Å². The fraction of sp³-hybridized carbons (Fsp3) is 0.286. The number of hydrogen-bond donors (Lipinski definition) is 1. The standard InChI is InChI=1S/C21H23N3O/c1-5-25-17-8-6-16(7-9-17)21-22-20-14(3)10-13(2)11-18(20)19-12-15(4)23-24(19)21/h6-12,21-22H,5H2,1-4H3/t21-/m1/s1. The second-order valence-corrected chi connectivity index (χ2v) is 6.67. The molecule has 4 heteroatoms. The summed E-state index contributed by atoms with van der Waals surface area (Å²) in [5.74, 6) is 0.895. The fourth-order valence-electron chi connectivity index (χ4n) is 3.61. The number of nitrogens with zero attached hydrogens (tertiary/aromatic N) is 2. The molecule has 2 aromatic carbocycles. The number of nitrogens with one attached hydrogen (secondary N) is 1. The van der Waals surface area contributed by atoms with Crippen molar-refractivity contribution in [3.63, 3.8) is 0 Å². The Morgan fingerprint density at radius 1 is 1.08 bits per heavy atom. The molecule has 4 rings (SSSR count). The first kappa shape index (κ1) is 15.8. The van der Waals surface area contributed by atoms with Gasteiger partial charge in [0.15, 0.2) is 0 Å². The highest BCUT2D eigenvalue weighted by molar-refractivity contribution is 5.81. The predicted molar refractivity (Wildman–Crippen MR) is 101 cm³/mol. The first-order valence-corrected chi connectivity index (χ1v) is 8.74. The summed E-state index contributed by atoms with van der Waals surface area (Å²) in [6.45, 7) is 9.02. The zero-order chi connectivity index (χ0) is 17.6. The normalized spacial score (nSPS) is 15.3. The number of fused-ring (bicyclic) bond motifs is 3. The lowest BCUT2D eigenvalue weighted by Crippen LogP contribution is -2.26. The van der Waals surface area contributed by atoms with E-state index >= 15 is 0 Å². The van der Waals surface area contributed by atoms with E-state index in [0.717, 1.165) is 17.1 Å². The van der Waals surface area contributed by atoms with Crippen molar-refractivity contribution in [3.05, 3.63) is 64.8 Å². The van der Waals surface area contributed by atoms with E-state index in [1.54, 1.807) is 0 Å². The number of anilines is 1. The molecular formula is C21H23N3O. The van der Waals surface area contributed by atoms with Gasteiger partial charge in [-0.2, -0.15) is 5.10 Å². The number of ether oxygens (including phenoxy) is 1. The van der Waals surface area contributed by atoms with Crippen LogP contribution < -0.4 is 10.1 Å². The number of aromatic nitrogens is 2. The molecule has 1 aromatic heterocycles. The summed E-state index contributed by atoms with van der Waals surface area (Å²) in [6.07, 6.45) is -0.0201. The average molecular weight is 333 g/mol. The molecule has 1 aliphatic rings. The van der Waals surface area contributed by atoms with Gasteiger partial charge in [-0.3, -0.25) is 0 Å². The number of hydrogen-bond acceptors (Lipinski definition) is 3. The maximum atomic E-state index is 5.57. The Morgan fingerprint density at radius 2 is 1.84 bits per heavy atom. The molecule has 0 radical (unpaired) electrons. The third-order valence-electron chi connectivity index (χ3n) is 4.65. The molecule has 0 bridgehead atoms. The lowest BCUT2D eigenvalue weighted by atomic mass is 9.98. The zero-order valence-corrected chi connectivity index (χ0v) is 15.1. The van der Waals surface area contributed by atoms with E-state index < -0.39 is 0 Å². The average Bonchev–Trinajstić information content (AvgIpc) is 2.97. The van der Waals surface area contributed by atoms with Crippen LogP contribution in [-0.4, -0.2) is 16.4 Å². The van der Waals surface area contributed by atoms with E-state index in [4.69, 9.17) is 9.84 Å². The SMILES string of the molecule is CCOc1ccc([C@@H]2Nc3c(C)cc(C)cc3-c3cc(C)nn32)cc1. The van der Waals surface area contributed by atoms with Crippen LogP contribution in [-0.2, 0) is 0 Å². The Hall–Kier alpha value is -2.75. The van der Waals surface area contributed by atoms with Crippen LogP contribution in [0.1, 0.15) is 35.5 Å². The van der Waals surface area contributed by atoms with Crippen molar-refractivity contribution >= 4 is 5.69 Å². The van der Waals surface area contributed by atoms with Gasteiger partial charge >= 0.3 is 0 Å². The molecule has 2 heterocycles. The van der Waals surface area contributed by atoms with Crippen LogP contribution in [0.5, 0.6) is 5.75 Å². The topological polar surface area (TPSA) is 39.1 Å². The largest absolute Gasteiger partial charge is 0.494 e. The third kappa shape index (κ3) is 2.68. The smallest absolute Gasteiger partial charge is 0.147 e. The van der Waals surface area contributed by atoms with E-state index in [-0.39, 0.29) is 6.17 Å². The van der Waals surface area contributed by atoms with Gasteiger partial charge in [-0.25, -0.2) is 4.68 Å². The van der Waals surface area contributed by atoms with Crippen LogP contribution in [0.25, 0.3) is 11.3 Å². The summed E-state index contributed by atoms with van der Waals surface area (Å²) in [7, 11) is 0. The maximum Gasteiger partial charge on any atom is 0.147 e. The lowest BCUT2D eigenvalue weighted by molar-refractivity contribution is 0.340. The van der Waals surface area contributed by atoms with Gasteiger partial charge in [0.05, 0.1) is 18.0 Å². The number of rotatable bonds is 3. The molecule has 25 heavy (non-hydrogen) atoms. The van der Waals surface area contributed by atoms with Crippen molar-refractivity contribution in [3.8, 4) is 17.0 Å². The molecule has 0 amide bonds. The van der Waals surface area contributed by atoms with Crippen LogP contribution in [0.4, 0.5) is 5.69 Å². The first-order chi connectivity index (χ1) is 12.1. The van der Waals surface area contributed by atoms with Crippen LogP contribution in [0.3, 0.4) is 0 Å². The Kier molecular flexibility index (Phi) is 3.75. The van der Waals surface area contributed by atoms with Crippen molar-refractivity contribution in [1.29, 1.82) is 0 Å². The predicted octanol–water partition coefficient (Wildman–Crippen LogP) is 4.85. The monoisotopic (exact) mass is 333 g/mol. The molecule has 4 nitrogen and oxygen atoms in total. The van der Waals surface area contributed by atoms with E-state index in [1.807, 2.05) is 26.0 Å². The summed E-state index contributed by atoms with van der Waals surface area (Å²) in [6, 6.07) is 14.9. The molecule has 0 saturated carbocycles. The van der Waals surface area contributed by atoms with Gasteiger partial charge in [0.2, 0.25) is 0 Å². The van der Waals surface area contributed by atoms with Gasteiger partial charge in [-0.1, -0.05) is 23.8 Å². The van der Waals surface area contributed by atoms with Gasteiger partial charge in [0, 0.05) is 11.3 Å². The summed E-state index contributed by atoms with van der Waals surface area (Å²) >= 11 is 0. The summed E-state index contributed by atoms with van der Waals surface area (Å²) in [5, 5.41) is 8.44. The van der Waals surface area contributed by atoms with E-state index in [0.29, 0.717) is 6.61 Å². The quantitative estimate of drug-likeness (QED) is 0.745. The highest BCUT2D eigenvalue weighted by atomic mass is 16.5. The Labute approximate surface area is 148 Å². The van der Waals surface area contributed by atoms with Gasteiger partial charge in [0.25, 0.3) is 0 Å². The lowest BCUT2D eigenvalue weighted by Gasteiger charge is -2.30. The molecule has 1 atom stereocenters. The van der Waals surface area contributed by atoms with Crippen molar-refractivity contribution in [2.24, 2.45) is 0 Å². The highest BCUT2D eigenvalue weighted by Gasteiger charge is 2.27. The molecule has 128 valence electrons. The van der Waals surface area contributed by atoms with Crippen molar-refractivity contribution in [2.75, 3.05) is 11.9 Å². The van der Waals surface area contributed by atoms with E-state index in [1.165, 1.54) is 27.9 Å². The van der Waals surface area contributed by atoms with Gasteiger partial charge in [0.1, 0.15) is 11.9 Å². The Morgan fingerprint density at radius 3 is 2.56 bits per heavy atom. The Balaban J connectivity index is 1.82. The van der Waals surface area contributed by atoms with Crippen LogP contribution >= 0.6 is 0 Å². The molecule has 0 fully saturated rings. The second-order valence-electron chi connectivity index (χ2n) is 6.67. The van der Waals surface area contributed by atoms with E-state index in [2.05, 4.69) is 54.2 Å². The minimum Gasteiger partial charge on any atom is -0.494 e. The third-order valence-corrected chi connectivity index (χ3v) is 4.65. The van der Waals surface area contributed by atoms with Crippen LogP contribution in [0.15, 0.2) is 42.5 Å². The fourth-order valence-corrected chi connectivity index (χ4v) is 3.61. The van der Waals surface area contributed by atoms with Crippen molar-refractivity contribution < 1.29 is 4.74 Å². The van der Waals surface area contributed by atoms with E-state index in [9.17, 15) is 0 Å². The van der Waals surface area contributed by atoms with Gasteiger partial charge in [-0.05, 0) is 63.1 Å². The first-order valence-electron chi connectivity index (χ1n) is 8.74. The molecule has 0 spiro atoms. The van der Waals surface area contributed by atoms with Crippen LogP contribution in [0, 0.1) is 20.8 Å². The minimum atomic E-state index is -0.0201. The maximum absolute atomic E-state index is 5.57. The zero-order valence-electron chi connectivity index (χ0n) is 15.1. The van der Waals surface area contributed by atoms with Gasteiger partial charge < -0.3 is 10.1 Å². The summed E-state index contributed by atoms with van der Waals surface area (Å²) < 4.78 is 7.66. The molecule has 0 saturated heterocycles. The van der Waals surface area contributed by atoms with Crippen LogP contribution in [0.2, 0.25) is 0 Å². The molecule has 1 aliphatic heterocycles. The second kappa shape index (κ2) is 5.96. The molecule has 3 aromatic rings. The molecule has 1 N–H and O–H groups in total. The summed E-state index contributed by atoms with van der Waals surface area (Å²) in [5.41, 5.74) is 8.30. The Bertz CT molecular complexity index is 925. The molecule has 0 unspecified atom stereocenters.